The first kappa shape index (κ1) is 24.2. The van der Waals surface area contributed by atoms with Crippen LogP contribution in [0.15, 0.2) is 55.1 Å². The van der Waals surface area contributed by atoms with Crippen LogP contribution in [0.1, 0.15) is 24.5 Å². The van der Waals surface area contributed by atoms with Gasteiger partial charge in [-0.15, -0.1) is 0 Å². The van der Waals surface area contributed by atoms with Crippen molar-refractivity contribution in [2.24, 2.45) is 0 Å². The molecule has 1 N–H and O–H groups in total. The number of aliphatic hydroxyl groups is 1. The zero-order valence-corrected chi connectivity index (χ0v) is 21.4. The Hall–Kier alpha value is -4.20. The summed E-state index contributed by atoms with van der Waals surface area (Å²) in [6, 6.07) is 13.1. The third kappa shape index (κ3) is 4.51. The maximum absolute atomic E-state index is 9.63. The molecule has 4 aromatic rings. The molecule has 3 fully saturated rings. The second kappa shape index (κ2) is 9.93. The Morgan fingerprint density at radius 3 is 2.63 bits per heavy atom. The van der Waals surface area contributed by atoms with Crippen LogP contribution in [-0.4, -0.2) is 74.6 Å². The van der Waals surface area contributed by atoms with Crippen LogP contribution in [0, 0.1) is 11.3 Å². The van der Waals surface area contributed by atoms with Crippen molar-refractivity contribution in [1.29, 1.82) is 5.26 Å². The van der Waals surface area contributed by atoms with E-state index in [1.165, 1.54) is 12.0 Å². The fraction of sp³-hybridized carbons (Fsp3) is 0.357. The van der Waals surface area contributed by atoms with Gasteiger partial charge in [-0.3, -0.25) is 4.90 Å². The zero-order chi connectivity index (χ0) is 26.2. The van der Waals surface area contributed by atoms with Gasteiger partial charge in [-0.1, -0.05) is 6.07 Å². The van der Waals surface area contributed by atoms with Gasteiger partial charge >= 0.3 is 0 Å². The van der Waals surface area contributed by atoms with Gasteiger partial charge in [0.2, 0.25) is 5.88 Å². The number of ether oxygens (including phenoxy) is 2. The molecule has 38 heavy (non-hydrogen) atoms. The van der Waals surface area contributed by atoms with E-state index in [1.54, 1.807) is 30.9 Å². The summed E-state index contributed by atoms with van der Waals surface area (Å²) in [5.41, 5.74) is 4.05. The molecule has 0 spiro atoms. The molecule has 0 aromatic carbocycles. The highest BCUT2D eigenvalue weighted by atomic mass is 16.5. The molecule has 7 heterocycles. The van der Waals surface area contributed by atoms with Crippen molar-refractivity contribution in [2.45, 2.75) is 38.1 Å². The molecule has 3 saturated heterocycles. The Kier molecular flexibility index (Phi) is 6.31. The van der Waals surface area contributed by atoms with E-state index >= 15 is 0 Å². The zero-order valence-electron chi connectivity index (χ0n) is 21.4. The van der Waals surface area contributed by atoms with Crippen LogP contribution in [-0.2, 0) is 6.54 Å². The smallest absolute Gasteiger partial charge is 0.212 e. The Bertz CT molecular complexity index is 1470. The first-order valence-corrected chi connectivity index (χ1v) is 12.7. The molecule has 7 rings (SSSR count). The number of rotatable bonds is 8. The van der Waals surface area contributed by atoms with Crippen LogP contribution in [0.2, 0.25) is 0 Å². The second-order valence-corrected chi connectivity index (χ2v) is 9.95. The number of pyridine rings is 3. The van der Waals surface area contributed by atoms with Crippen molar-refractivity contribution in [1.82, 2.24) is 24.5 Å². The molecule has 10 nitrogen and oxygen atoms in total. The molecule has 194 valence electrons. The lowest BCUT2D eigenvalue weighted by Gasteiger charge is -2.56. The van der Waals surface area contributed by atoms with Crippen molar-refractivity contribution < 1.29 is 14.6 Å². The van der Waals surface area contributed by atoms with Gasteiger partial charge in [-0.25, -0.2) is 14.5 Å². The maximum atomic E-state index is 9.63. The summed E-state index contributed by atoms with van der Waals surface area (Å²) in [4.78, 5) is 14.0. The highest BCUT2D eigenvalue weighted by molar-refractivity contribution is 5.85. The quantitative estimate of drug-likeness (QED) is 0.382. The van der Waals surface area contributed by atoms with E-state index in [0.717, 1.165) is 36.6 Å². The SMILES string of the molecule is COc1ccc(CN2C3CC2CN(c2ccc(-c4cc(OCC(C)O)cn5ncc(C#N)c45)cn2)C3)cn1. The number of anilines is 1. The van der Waals surface area contributed by atoms with Gasteiger partial charge in [0.1, 0.15) is 24.2 Å². The first-order valence-electron chi connectivity index (χ1n) is 12.7. The van der Waals surface area contributed by atoms with Gasteiger partial charge in [0, 0.05) is 61.3 Å². The highest BCUT2D eigenvalue weighted by Gasteiger charge is 2.44. The number of nitrogens with zero attached hydrogens (tertiary/aromatic N) is 7. The van der Waals surface area contributed by atoms with Gasteiger partial charge in [0.15, 0.2) is 0 Å². The highest BCUT2D eigenvalue weighted by Crippen LogP contribution is 2.36. The summed E-state index contributed by atoms with van der Waals surface area (Å²) < 4.78 is 12.6. The molecule has 10 heteroatoms. The van der Waals surface area contributed by atoms with E-state index in [4.69, 9.17) is 14.5 Å². The lowest BCUT2D eigenvalue weighted by atomic mass is 9.87. The van der Waals surface area contributed by atoms with Gasteiger partial charge in [-0.05, 0) is 37.1 Å². The van der Waals surface area contributed by atoms with Crippen molar-refractivity contribution in [2.75, 3.05) is 31.7 Å². The summed E-state index contributed by atoms with van der Waals surface area (Å²) in [5, 5.41) is 23.6. The summed E-state index contributed by atoms with van der Waals surface area (Å²) in [6.45, 7) is 4.59. The van der Waals surface area contributed by atoms with Crippen molar-refractivity contribution in [3.8, 4) is 28.8 Å². The predicted molar refractivity (Wildman–Crippen MR) is 141 cm³/mol. The molecule has 3 atom stereocenters. The number of piperidine rings is 1. The van der Waals surface area contributed by atoms with Crippen molar-refractivity contribution in [3.63, 3.8) is 0 Å². The van der Waals surface area contributed by atoms with Crippen LogP contribution in [0.5, 0.6) is 11.6 Å². The number of nitriles is 1. The van der Waals surface area contributed by atoms with E-state index in [2.05, 4.69) is 32.0 Å². The molecule has 4 aromatic heterocycles. The Balaban J connectivity index is 1.19. The van der Waals surface area contributed by atoms with E-state index in [-0.39, 0.29) is 6.61 Å². The van der Waals surface area contributed by atoms with Crippen LogP contribution in [0.3, 0.4) is 0 Å². The van der Waals surface area contributed by atoms with Crippen molar-refractivity contribution >= 4 is 11.3 Å². The summed E-state index contributed by atoms with van der Waals surface area (Å²) in [5.74, 6) is 2.14. The third-order valence-corrected chi connectivity index (χ3v) is 7.30. The normalized spacial score (nSPS) is 19.6. The summed E-state index contributed by atoms with van der Waals surface area (Å²) in [6.07, 6.45) is 7.61. The molecule has 2 bridgehead atoms. The Labute approximate surface area is 220 Å². The minimum atomic E-state index is -0.595. The van der Waals surface area contributed by atoms with E-state index in [0.29, 0.717) is 34.8 Å². The van der Waals surface area contributed by atoms with Gasteiger partial charge in [0.25, 0.3) is 0 Å². The Morgan fingerprint density at radius 1 is 1.13 bits per heavy atom. The first-order chi connectivity index (χ1) is 18.5. The molecule has 3 unspecified atom stereocenters. The largest absolute Gasteiger partial charge is 0.489 e. The number of piperazine rings is 1. The summed E-state index contributed by atoms with van der Waals surface area (Å²) >= 11 is 0. The molecular weight excluding hydrogens is 482 g/mol. The number of hydrogen-bond acceptors (Lipinski definition) is 9. The lowest BCUT2D eigenvalue weighted by molar-refractivity contribution is -0.00876. The molecule has 0 aliphatic carbocycles. The Morgan fingerprint density at radius 2 is 1.97 bits per heavy atom. The fourth-order valence-electron chi connectivity index (χ4n) is 5.40. The number of methoxy groups -OCH3 is 1. The molecule has 0 amide bonds. The van der Waals surface area contributed by atoms with Crippen LogP contribution < -0.4 is 14.4 Å². The molecule has 3 aliphatic heterocycles. The number of aliphatic hydroxyl groups excluding tert-OH is 1. The van der Waals surface area contributed by atoms with E-state index in [1.807, 2.05) is 36.7 Å². The second-order valence-electron chi connectivity index (χ2n) is 9.95. The molecule has 0 saturated carbocycles. The topological polar surface area (TPSA) is 112 Å². The van der Waals surface area contributed by atoms with Crippen LogP contribution in [0.4, 0.5) is 5.82 Å². The van der Waals surface area contributed by atoms with Gasteiger partial charge < -0.3 is 19.5 Å². The van der Waals surface area contributed by atoms with Crippen molar-refractivity contribution in [3.05, 3.63) is 66.2 Å². The van der Waals surface area contributed by atoms with Crippen LogP contribution in [0.25, 0.3) is 16.6 Å². The molecule has 0 radical (unpaired) electrons. The van der Waals surface area contributed by atoms with Gasteiger partial charge in [-0.2, -0.15) is 10.4 Å². The number of hydrogen-bond donors (Lipinski definition) is 1. The molecular formula is C28H29N7O3. The fourth-order valence-corrected chi connectivity index (χ4v) is 5.40. The predicted octanol–water partition coefficient (Wildman–Crippen LogP) is 2.89. The number of fused-ring (bicyclic) bond motifs is 3. The standard InChI is InChI=1S/C28H29N7O3/c1-18(36)17-38-24-8-25(28-21(9-29)12-32-35(28)16-24)20-4-5-26(30-11-20)33-14-22-7-23(15-33)34(22)13-19-3-6-27(37-2)31-10-19/h3-6,8,10-12,16,18,22-23,36H,7,13-15,17H2,1-2H3. The average Bonchev–Trinajstić information content (AvgIpc) is 3.38. The monoisotopic (exact) mass is 511 g/mol. The summed E-state index contributed by atoms with van der Waals surface area (Å²) in [7, 11) is 1.63. The minimum Gasteiger partial charge on any atom is -0.489 e. The van der Waals surface area contributed by atoms with E-state index in [9.17, 15) is 10.4 Å². The average molecular weight is 512 g/mol. The third-order valence-electron chi connectivity index (χ3n) is 7.30. The van der Waals surface area contributed by atoms with Crippen LogP contribution >= 0.6 is 0 Å². The maximum Gasteiger partial charge on any atom is 0.212 e. The number of aromatic nitrogens is 4. The lowest BCUT2D eigenvalue weighted by Crippen LogP contribution is -2.68. The van der Waals surface area contributed by atoms with Gasteiger partial charge in [0.05, 0.1) is 36.7 Å². The molecule has 3 aliphatic rings. The van der Waals surface area contributed by atoms with E-state index < -0.39 is 6.10 Å². The minimum absolute atomic E-state index is 0.164.